The van der Waals surface area contributed by atoms with Gasteiger partial charge in [0.15, 0.2) is 6.61 Å². The van der Waals surface area contributed by atoms with E-state index in [9.17, 15) is 9.59 Å². The molecule has 110 valence electrons. The van der Waals surface area contributed by atoms with Crippen molar-refractivity contribution < 1.29 is 18.7 Å². The number of benzene rings is 1. The summed E-state index contributed by atoms with van der Waals surface area (Å²) in [6.45, 7) is 1.55. The van der Waals surface area contributed by atoms with Gasteiger partial charge in [-0.05, 0) is 12.5 Å². The van der Waals surface area contributed by atoms with Crippen molar-refractivity contribution >= 4 is 5.97 Å². The molecule has 2 aromatic rings. The molecule has 0 amide bonds. The predicted molar refractivity (Wildman–Crippen MR) is 76.3 cm³/mol. The van der Waals surface area contributed by atoms with Crippen LogP contribution in [0.2, 0.25) is 0 Å². The maximum absolute atomic E-state index is 11.5. The molecule has 1 heterocycles. The molecule has 1 aromatic carbocycles. The monoisotopic (exact) mass is 288 g/mol. The smallest absolute Gasteiger partial charge is 0.344 e. The number of esters is 1. The number of ether oxygens (including phenoxy) is 2. The maximum Gasteiger partial charge on any atom is 0.344 e. The van der Waals surface area contributed by atoms with E-state index in [0.717, 1.165) is 5.56 Å². The molecule has 2 rings (SSSR count). The number of hydrogen-bond donors (Lipinski definition) is 0. The Morgan fingerprint density at radius 2 is 1.95 bits per heavy atom. The molecule has 0 atom stereocenters. The minimum atomic E-state index is -0.520. The van der Waals surface area contributed by atoms with Crippen LogP contribution < -0.4 is 10.2 Å². The Bertz CT molecular complexity index is 645. The highest BCUT2D eigenvalue weighted by atomic mass is 16.6. The maximum atomic E-state index is 11.5. The lowest BCUT2D eigenvalue weighted by Crippen LogP contribution is -2.19. The van der Waals surface area contributed by atoms with Crippen molar-refractivity contribution in [3.8, 4) is 5.75 Å². The highest BCUT2D eigenvalue weighted by molar-refractivity contribution is 5.71. The van der Waals surface area contributed by atoms with E-state index in [1.807, 2.05) is 30.3 Å². The van der Waals surface area contributed by atoms with Gasteiger partial charge in [-0.15, -0.1) is 0 Å². The Balaban J connectivity index is 1.76. The Hall–Kier alpha value is -2.56. The third-order valence-corrected chi connectivity index (χ3v) is 2.84. The van der Waals surface area contributed by atoms with Crippen molar-refractivity contribution in [1.29, 1.82) is 0 Å². The first kappa shape index (κ1) is 14.8. The number of rotatable bonds is 6. The van der Waals surface area contributed by atoms with Crippen molar-refractivity contribution in [1.82, 2.24) is 0 Å². The Morgan fingerprint density at radius 1 is 1.19 bits per heavy atom. The van der Waals surface area contributed by atoms with Gasteiger partial charge in [0.1, 0.15) is 5.76 Å². The van der Waals surface area contributed by atoms with Gasteiger partial charge < -0.3 is 13.9 Å². The lowest BCUT2D eigenvalue weighted by atomic mass is 10.2. The highest BCUT2D eigenvalue weighted by Gasteiger charge is 2.10. The van der Waals surface area contributed by atoms with Gasteiger partial charge in [-0.3, -0.25) is 4.79 Å². The van der Waals surface area contributed by atoms with Gasteiger partial charge in [0.05, 0.1) is 12.9 Å². The van der Waals surface area contributed by atoms with Crippen LogP contribution in [0.1, 0.15) is 11.3 Å². The van der Waals surface area contributed by atoms with E-state index in [1.165, 1.54) is 12.3 Å². The molecule has 0 unspecified atom stereocenters. The standard InChI is InChI=1S/C16H16O5/c1-12-16(14(17)8-10-19-12)21-11-15(18)20-9-7-13-5-3-2-4-6-13/h2-6,8,10H,7,9,11H2,1H3. The molecule has 0 N–H and O–H groups in total. The minimum absolute atomic E-state index is 0.0394. The van der Waals surface area contributed by atoms with Gasteiger partial charge in [0, 0.05) is 12.5 Å². The topological polar surface area (TPSA) is 65.7 Å². The molecule has 0 saturated heterocycles. The van der Waals surface area contributed by atoms with Gasteiger partial charge in [-0.2, -0.15) is 0 Å². The molecule has 0 spiro atoms. The average Bonchev–Trinajstić information content (AvgIpc) is 2.48. The van der Waals surface area contributed by atoms with Crippen molar-refractivity contribution in [3.05, 3.63) is 64.2 Å². The van der Waals surface area contributed by atoms with E-state index in [1.54, 1.807) is 6.92 Å². The molecule has 0 bridgehead atoms. The van der Waals surface area contributed by atoms with E-state index < -0.39 is 5.97 Å². The fourth-order valence-corrected chi connectivity index (χ4v) is 1.77. The van der Waals surface area contributed by atoms with Gasteiger partial charge in [0.2, 0.25) is 11.2 Å². The zero-order valence-corrected chi connectivity index (χ0v) is 11.7. The molecular weight excluding hydrogens is 272 g/mol. The summed E-state index contributed by atoms with van der Waals surface area (Å²) < 4.78 is 15.2. The summed E-state index contributed by atoms with van der Waals surface area (Å²) >= 11 is 0. The Labute approximate surface area is 122 Å². The second-order valence-electron chi connectivity index (χ2n) is 4.41. The van der Waals surface area contributed by atoms with Crippen LogP contribution in [-0.4, -0.2) is 19.2 Å². The molecule has 21 heavy (non-hydrogen) atoms. The molecule has 0 aliphatic carbocycles. The quantitative estimate of drug-likeness (QED) is 0.762. The number of hydrogen-bond acceptors (Lipinski definition) is 5. The van der Waals surface area contributed by atoms with Gasteiger partial charge in [0.25, 0.3) is 0 Å². The molecule has 5 nitrogen and oxygen atoms in total. The Morgan fingerprint density at radius 3 is 2.67 bits per heavy atom. The molecule has 1 aromatic heterocycles. The second kappa shape index (κ2) is 7.28. The van der Waals surface area contributed by atoms with Crippen molar-refractivity contribution in [2.75, 3.05) is 13.2 Å². The van der Waals surface area contributed by atoms with E-state index in [4.69, 9.17) is 13.9 Å². The minimum Gasteiger partial charge on any atom is -0.475 e. The van der Waals surface area contributed by atoms with E-state index in [-0.39, 0.29) is 24.4 Å². The molecule has 0 aliphatic heterocycles. The number of aryl methyl sites for hydroxylation is 1. The van der Waals surface area contributed by atoms with Crippen LogP contribution in [0, 0.1) is 6.92 Å². The number of carbonyl (C=O) groups is 1. The molecule has 5 heteroatoms. The van der Waals surface area contributed by atoms with E-state index >= 15 is 0 Å². The predicted octanol–water partition coefficient (Wildman–Crippen LogP) is 2.11. The summed E-state index contributed by atoms with van der Waals surface area (Å²) in [7, 11) is 0. The third-order valence-electron chi connectivity index (χ3n) is 2.84. The fraction of sp³-hybridized carbons (Fsp3) is 0.250. The molecule has 0 radical (unpaired) electrons. The van der Waals surface area contributed by atoms with Crippen molar-refractivity contribution in [2.45, 2.75) is 13.3 Å². The fourth-order valence-electron chi connectivity index (χ4n) is 1.77. The van der Waals surface area contributed by atoms with E-state index in [0.29, 0.717) is 12.2 Å². The lowest BCUT2D eigenvalue weighted by molar-refractivity contribution is -0.145. The van der Waals surface area contributed by atoms with Crippen LogP contribution in [0.3, 0.4) is 0 Å². The van der Waals surface area contributed by atoms with E-state index in [2.05, 4.69) is 0 Å². The first-order valence-corrected chi connectivity index (χ1v) is 6.57. The third kappa shape index (κ3) is 4.49. The Kier molecular flexibility index (Phi) is 5.15. The molecular formula is C16H16O5. The summed E-state index contributed by atoms with van der Waals surface area (Å²) in [4.78, 5) is 23.1. The molecule has 0 saturated carbocycles. The number of carbonyl (C=O) groups excluding carboxylic acids is 1. The van der Waals surface area contributed by atoms with Crippen LogP contribution in [0.5, 0.6) is 5.75 Å². The van der Waals surface area contributed by atoms with Crippen LogP contribution in [0.25, 0.3) is 0 Å². The molecule has 0 fully saturated rings. The zero-order valence-electron chi connectivity index (χ0n) is 11.7. The van der Waals surface area contributed by atoms with Crippen molar-refractivity contribution in [3.63, 3.8) is 0 Å². The summed E-state index contributed by atoms with van der Waals surface area (Å²) in [5.74, 6) is -0.148. The van der Waals surface area contributed by atoms with Gasteiger partial charge in [-0.1, -0.05) is 30.3 Å². The highest BCUT2D eigenvalue weighted by Crippen LogP contribution is 2.10. The van der Waals surface area contributed by atoms with Gasteiger partial charge >= 0.3 is 5.97 Å². The zero-order chi connectivity index (χ0) is 15.1. The van der Waals surface area contributed by atoms with Crippen molar-refractivity contribution in [2.24, 2.45) is 0 Å². The molecule has 0 aliphatic rings. The SMILES string of the molecule is Cc1occc(=O)c1OCC(=O)OCCc1ccccc1. The first-order valence-electron chi connectivity index (χ1n) is 6.57. The second-order valence-corrected chi connectivity index (χ2v) is 4.41. The van der Waals surface area contributed by atoms with Crippen LogP contribution in [0.15, 0.2) is 51.9 Å². The summed E-state index contributed by atoms with van der Waals surface area (Å²) in [5.41, 5.74) is 0.765. The summed E-state index contributed by atoms with van der Waals surface area (Å²) in [5, 5.41) is 0. The average molecular weight is 288 g/mol. The van der Waals surface area contributed by atoms with Crippen LogP contribution in [0.4, 0.5) is 0 Å². The first-order chi connectivity index (χ1) is 10.2. The summed E-state index contributed by atoms with van der Waals surface area (Å²) in [6, 6.07) is 10.9. The summed E-state index contributed by atoms with van der Waals surface area (Å²) in [6.07, 6.45) is 1.92. The lowest BCUT2D eigenvalue weighted by Gasteiger charge is -2.07. The largest absolute Gasteiger partial charge is 0.475 e. The van der Waals surface area contributed by atoms with Crippen LogP contribution in [-0.2, 0) is 16.0 Å². The van der Waals surface area contributed by atoms with Crippen LogP contribution >= 0.6 is 0 Å². The normalized spacial score (nSPS) is 10.1. The van der Waals surface area contributed by atoms with Gasteiger partial charge in [-0.25, -0.2) is 4.79 Å².